The van der Waals surface area contributed by atoms with Crippen molar-refractivity contribution in [3.05, 3.63) is 29.8 Å². The molecule has 128 valence electrons. The van der Waals surface area contributed by atoms with Gasteiger partial charge in [0.15, 0.2) is 0 Å². The summed E-state index contributed by atoms with van der Waals surface area (Å²) in [5, 5.41) is 3.37. The fraction of sp³-hybridized carbons (Fsp3) is 0.650. The summed E-state index contributed by atoms with van der Waals surface area (Å²) in [6.07, 6.45) is 7.29. The largest absolute Gasteiger partial charge is 0.493 e. The molecule has 1 heterocycles. The Labute approximate surface area is 148 Å². The van der Waals surface area contributed by atoms with Crippen molar-refractivity contribution in [1.29, 1.82) is 0 Å². The van der Waals surface area contributed by atoms with Gasteiger partial charge in [-0.25, -0.2) is 0 Å². The molecular formula is C20H24ClNO2. The Kier molecular flexibility index (Phi) is 3.23. The zero-order valence-electron chi connectivity index (χ0n) is 13.9. The van der Waals surface area contributed by atoms with E-state index in [1.807, 2.05) is 18.2 Å². The molecule has 0 radical (unpaired) electrons. The number of hydrogen-bond donors (Lipinski definition) is 1. The number of para-hydroxylation sites is 1. The molecule has 1 amide bonds. The molecule has 0 aromatic heterocycles. The van der Waals surface area contributed by atoms with Gasteiger partial charge >= 0.3 is 0 Å². The molecule has 1 aromatic carbocycles. The fourth-order valence-electron chi connectivity index (χ4n) is 6.22. The van der Waals surface area contributed by atoms with E-state index in [-0.39, 0.29) is 22.2 Å². The average molecular weight is 346 g/mol. The lowest BCUT2D eigenvalue weighted by Crippen LogP contribution is -2.58. The van der Waals surface area contributed by atoms with Crippen molar-refractivity contribution in [2.75, 3.05) is 6.61 Å². The van der Waals surface area contributed by atoms with E-state index in [0.717, 1.165) is 49.8 Å². The summed E-state index contributed by atoms with van der Waals surface area (Å²) in [4.78, 5) is 13.2. The van der Waals surface area contributed by atoms with Crippen LogP contribution in [-0.2, 0) is 4.79 Å². The van der Waals surface area contributed by atoms with Gasteiger partial charge in [-0.2, -0.15) is 0 Å². The number of carbonyl (C=O) groups excluding carboxylic acids is 1. The van der Waals surface area contributed by atoms with E-state index in [9.17, 15) is 4.79 Å². The number of halogens is 1. The first-order valence-corrected chi connectivity index (χ1v) is 9.65. The third kappa shape index (κ3) is 2.28. The van der Waals surface area contributed by atoms with Crippen LogP contribution in [0.2, 0.25) is 0 Å². The maximum Gasteiger partial charge on any atom is 0.226 e. The zero-order valence-corrected chi connectivity index (χ0v) is 14.6. The number of hydrogen-bond acceptors (Lipinski definition) is 2. The van der Waals surface area contributed by atoms with Crippen molar-refractivity contribution in [2.24, 2.45) is 17.3 Å². The highest BCUT2D eigenvalue weighted by Gasteiger charge is 2.60. The number of amides is 1. The summed E-state index contributed by atoms with van der Waals surface area (Å²) in [6, 6.07) is 8.14. The quantitative estimate of drug-likeness (QED) is 0.815. The minimum atomic E-state index is -0.223. The van der Waals surface area contributed by atoms with Gasteiger partial charge in [0, 0.05) is 16.9 Å². The SMILES string of the molecule is O=C(N[C@@H]1CCOc2ccccc21)C12C[C@@H]3C[C@@H](CC(Cl)(C3)C1)C2. The Morgan fingerprint density at radius 3 is 2.67 bits per heavy atom. The molecule has 0 saturated heterocycles. The van der Waals surface area contributed by atoms with Gasteiger partial charge in [-0.3, -0.25) is 4.79 Å². The molecule has 6 rings (SSSR count). The summed E-state index contributed by atoms with van der Waals surface area (Å²) in [6.45, 7) is 0.666. The van der Waals surface area contributed by atoms with Gasteiger partial charge in [0.1, 0.15) is 5.75 Å². The predicted molar refractivity (Wildman–Crippen MR) is 93.1 cm³/mol. The van der Waals surface area contributed by atoms with Gasteiger partial charge < -0.3 is 10.1 Å². The number of carbonyl (C=O) groups is 1. The van der Waals surface area contributed by atoms with Crippen LogP contribution >= 0.6 is 11.6 Å². The maximum absolute atomic E-state index is 13.3. The lowest BCUT2D eigenvalue weighted by atomic mass is 9.49. The molecule has 3 nitrogen and oxygen atoms in total. The van der Waals surface area contributed by atoms with Crippen molar-refractivity contribution in [3.8, 4) is 5.75 Å². The zero-order chi connectivity index (χ0) is 16.4. The molecule has 1 N–H and O–H groups in total. The second-order valence-electron chi connectivity index (χ2n) is 8.59. The minimum absolute atomic E-state index is 0.0710. The van der Waals surface area contributed by atoms with E-state index < -0.39 is 0 Å². The summed E-state index contributed by atoms with van der Waals surface area (Å²) < 4.78 is 5.73. The minimum Gasteiger partial charge on any atom is -0.493 e. The number of nitrogens with one attached hydrogen (secondary N) is 1. The van der Waals surface area contributed by atoms with Crippen molar-refractivity contribution >= 4 is 17.5 Å². The van der Waals surface area contributed by atoms with E-state index in [4.69, 9.17) is 16.3 Å². The molecule has 4 saturated carbocycles. The summed E-state index contributed by atoms with van der Waals surface area (Å²) in [5.41, 5.74) is 0.890. The molecule has 0 spiro atoms. The van der Waals surface area contributed by atoms with Gasteiger partial charge in [0.25, 0.3) is 0 Å². The first kappa shape index (κ1) is 15.1. The van der Waals surface area contributed by atoms with Crippen molar-refractivity contribution in [3.63, 3.8) is 0 Å². The highest BCUT2D eigenvalue weighted by atomic mass is 35.5. The van der Waals surface area contributed by atoms with Crippen LogP contribution < -0.4 is 10.1 Å². The fourth-order valence-corrected chi connectivity index (χ4v) is 6.91. The van der Waals surface area contributed by atoms with E-state index in [0.29, 0.717) is 18.4 Å². The van der Waals surface area contributed by atoms with Crippen molar-refractivity contribution < 1.29 is 9.53 Å². The molecule has 4 bridgehead atoms. The highest BCUT2D eigenvalue weighted by Crippen LogP contribution is 2.64. The molecule has 4 fully saturated rings. The van der Waals surface area contributed by atoms with Crippen molar-refractivity contribution in [2.45, 2.75) is 55.9 Å². The predicted octanol–water partition coefficient (Wildman–Crippen LogP) is 4.20. The topological polar surface area (TPSA) is 38.3 Å². The molecule has 4 heteroatoms. The van der Waals surface area contributed by atoms with E-state index in [1.165, 1.54) is 6.42 Å². The lowest BCUT2D eigenvalue weighted by Gasteiger charge is -2.59. The number of benzene rings is 1. The van der Waals surface area contributed by atoms with Gasteiger partial charge in [0.2, 0.25) is 5.91 Å². The Bertz CT molecular complexity index is 674. The highest BCUT2D eigenvalue weighted by molar-refractivity contribution is 6.24. The Balaban J connectivity index is 1.40. The van der Waals surface area contributed by atoms with E-state index >= 15 is 0 Å². The molecule has 2 unspecified atom stereocenters. The molecular weight excluding hydrogens is 322 g/mol. The summed E-state index contributed by atoms with van der Waals surface area (Å²) in [5.74, 6) is 2.45. The second kappa shape index (κ2) is 5.14. The third-order valence-corrected chi connectivity index (χ3v) is 7.18. The van der Waals surface area contributed by atoms with Crippen molar-refractivity contribution in [1.82, 2.24) is 5.32 Å². The van der Waals surface area contributed by atoms with Crippen LogP contribution in [0.25, 0.3) is 0 Å². The molecule has 5 atom stereocenters. The number of ether oxygens (including phenoxy) is 1. The molecule has 1 aliphatic heterocycles. The Morgan fingerprint density at radius 2 is 1.92 bits per heavy atom. The molecule has 5 aliphatic rings. The number of rotatable bonds is 2. The number of fused-ring (bicyclic) bond motifs is 1. The maximum atomic E-state index is 13.3. The van der Waals surface area contributed by atoms with Crippen LogP contribution in [0.5, 0.6) is 5.75 Å². The van der Waals surface area contributed by atoms with E-state index in [2.05, 4.69) is 11.4 Å². The smallest absolute Gasteiger partial charge is 0.226 e. The Morgan fingerprint density at radius 1 is 1.17 bits per heavy atom. The number of alkyl halides is 1. The van der Waals surface area contributed by atoms with Crippen LogP contribution in [0.3, 0.4) is 0 Å². The summed E-state index contributed by atoms with van der Waals surface area (Å²) in [7, 11) is 0. The van der Waals surface area contributed by atoms with Gasteiger partial charge in [0.05, 0.1) is 18.1 Å². The van der Waals surface area contributed by atoms with E-state index in [1.54, 1.807) is 0 Å². The monoisotopic (exact) mass is 345 g/mol. The first-order chi connectivity index (χ1) is 11.6. The standard InChI is InChI=1S/C20H24ClNO2/c21-20-10-13-7-14(11-20)9-19(8-13,12-20)18(23)22-16-5-6-24-17-4-2-1-3-15(16)17/h1-4,13-14,16H,5-12H2,(H,22,23)/t13-,14+,16-,19?,20?/m1/s1. The van der Waals surface area contributed by atoms with Crippen LogP contribution in [0, 0.1) is 17.3 Å². The van der Waals surface area contributed by atoms with Crippen LogP contribution in [-0.4, -0.2) is 17.4 Å². The first-order valence-electron chi connectivity index (χ1n) is 9.27. The van der Waals surface area contributed by atoms with Crippen LogP contribution in [0.15, 0.2) is 24.3 Å². The normalized spacial score (nSPS) is 42.3. The molecule has 24 heavy (non-hydrogen) atoms. The molecule has 4 aliphatic carbocycles. The summed E-state index contributed by atoms with van der Waals surface area (Å²) >= 11 is 6.89. The second-order valence-corrected chi connectivity index (χ2v) is 9.40. The average Bonchev–Trinajstić information content (AvgIpc) is 2.53. The third-order valence-electron chi connectivity index (χ3n) is 6.74. The Hall–Kier alpha value is -1.22. The molecule has 1 aromatic rings. The van der Waals surface area contributed by atoms with Gasteiger partial charge in [-0.05, 0) is 56.4 Å². The van der Waals surface area contributed by atoms with Gasteiger partial charge in [-0.15, -0.1) is 11.6 Å². The van der Waals surface area contributed by atoms with Crippen LogP contribution in [0.4, 0.5) is 0 Å². The van der Waals surface area contributed by atoms with Gasteiger partial charge in [-0.1, -0.05) is 18.2 Å². The lowest BCUT2D eigenvalue weighted by molar-refractivity contribution is -0.145. The van der Waals surface area contributed by atoms with Crippen LogP contribution in [0.1, 0.15) is 56.6 Å².